The van der Waals surface area contributed by atoms with Crippen molar-refractivity contribution in [3.63, 3.8) is 0 Å². The molecule has 0 saturated carbocycles. The third kappa shape index (κ3) is 3.12. The van der Waals surface area contributed by atoms with Crippen LogP contribution in [-0.4, -0.2) is 24.5 Å². The van der Waals surface area contributed by atoms with Gasteiger partial charge in [0.15, 0.2) is 0 Å². The van der Waals surface area contributed by atoms with E-state index in [9.17, 15) is 0 Å². The van der Waals surface area contributed by atoms with Crippen molar-refractivity contribution < 1.29 is 0 Å². The topological polar surface area (TPSA) is 29.3 Å². The lowest BCUT2D eigenvalue weighted by Crippen LogP contribution is -2.35. The predicted octanol–water partition coefficient (Wildman–Crippen LogP) is 3.18. The van der Waals surface area contributed by atoms with Crippen LogP contribution in [0.15, 0.2) is 18.2 Å². The number of hydrogen-bond donors (Lipinski definition) is 1. The van der Waals surface area contributed by atoms with Gasteiger partial charge in [-0.1, -0.05) is 30.2 Å². The van der Waals surface area contributed by atoms with Gasteiger partial charge in [-0.3, -0.25) is 4.90 Å². The molecule has 2 N–H and O–H groups in total. The van der Waals surface area contributed by atoms with Crippen LogP contribution in [0.5, 0.6) is 0 Å². The first-order valence-corrected chi connectivity index (χ1v) is 7.23. The van der Waals surface area contributed by atoms with Gasteiger partial charge in [-0.2, -0.15) is 0 Å². The van der Waals surface area contributed by atoms with Crippen LogP contribution >= 0.6 is 0 Å². The molecule has 0 radical (unpaired) electrons. The molecule has 0 aliphatic carbocycles. The molecular formula is C16H26N2. The Balaban J connectivity index is 2.24. The second-order valence-electron chi connectivity index (χ2n) is 5.55. The quantitative estimate of drug-likeness (QED) is 0.884. The summed E-state index contributed by atoms with van der Waals surface area (Å²) in [4.78, 5) is 2.64. The summed E-state index contributed by atoms with van der Waals surface area (Å²) in [6.45, 7) is 7.64. The molecule has 0 spiro atoms. The summed E-state index contributed by atoms with van der Waals surface area (Å²) >= 11 is 0. The molecule has 1 unspecified atom stereocenters. The van der Waals surface area contributed by atoms with Crippen molar-refractivity contribution in [3.8, 4) is 0 Å². The fourth-order valence-corrected chi connectivity index (χ4v) is 3.04. The summed E-state index contributed by atoms with van der Waals surface area (Å²) < 4.78 is 0. The number of benzene rings is 1. The second kappa shape index (κ2) is 6.35. The van der Waals surface area contributed by atoms with Crippen molar-refractivity contribution >= 4 is 0 Å². The molecule has 1 aromatic rings. The monoisotopic (exact) mass is 246 g/mol. The van der Waals surface area contributed by atoms with Crippen LogP contribution in [0, 0.1) is 13.8 Å². The van der Waals surface area contributed by atoms with Gasteiger partial charge in [0, 0.05) is 6.04 Å². The maximum absolute atomic E-state index is 5.83. The summed E-state index contributed by atoms with van der Waals surface area (Å²) in [7, 11) is 0. The van der Waals surface area contributed by atoms with E-state index in [0.717, 1.165) is 13.0 Å². The molecule has 0 amide bonds. The zero-order chi connectivity index (χ0) is 13.0. The Morgan fingerprint density at radius 1 is 1.17 bits per heavy atom. The third-order valence-electron chi connectivity index (χ3n) is 4.07. The number of piperidine rings is 1. The molecule has 1 saturated heterocycles. The maximum Gasteiger partial charge on any atom is 0.0362 e. The normalized spacial score (nSPS) is 18.8. The van der Waals surface area contributed by atoms with E-state index in [1.165, 1.54) is 49.0 Å². The Kier molecular flexibility index (Phi) is 4.79. The van der Waals surface area contributed by atoms with Crippen LogP contribution in [0.3, 0.4) is 0 Å². The SMILES string of the molecule is Cc1ccc(C)c(C(CCN)N2CCCCC2)c1. The van der Waals surface area contributed by atoms with Gasteiger partial charge in [0.2, 0.25) is 0 Å². The number of likely N-dealkylation sites (tertiary alicyclic amines) is 1. The maximum atomic E-state index is 5.83. The van der Waals surface area contributed by atoms with E-state index in [1.54, 1.807) is 0 Å². The predicted molar refractivity (Wildman–Crippen MR) is 77.8 cm³/mol. The van der Waals surface area contributed by atoms with Crippen molar-refractivity contribution in [3.05, 3.63) is 34.9 Å². The molecule has 100 valence electrons. The fourth-order valence-electron chi connectivity index (χ4n) is 3.04. The molecule has 1 aromatic carbocycles. The Bertz CT molecular complexity index is 381. The molecule has 0 aromatic heterocycles. The largest absolute Gasteiger partial charge is 0.330 e. The van der Waals surface area contributed by atoms with Crippen LogP contribution in [0.2, 0.25) is 0 Å². The molecule has 2 rings (SSSR count). The standard InChI is InChI=1S/C16H26N2/c1-13-6-7-14(2)15(12-13)16(8-9-17)18-10-4-3-5-11-18/h6-7,12,16H,3-5,8-11,17H2,1-2H3. The lowest BCUT2D eigenvalue weighted by atomic mass is 9.94. The van der Waals surface area contributed by atoms with Crippen molar-refractivity contribution in [2.75, 3.05) is 19.6 Å². The molecule has 1 aliphatic rings. The van der Waals surface area contributed by atoms with E-state index >= 15 is 0 Å². The summed E-state index contributed by atoms with van der Waals surface area (Å²) in [5.41, 5.74) is 10.1. The number of aryl methyl sites for hydroxylation is 2. The van der Waals surface area contributed by atoms with Crippen molar-refractivity contribution in [2.24, 2.45) is 5.73 Å². The fraction of sp³-hybridized carbons (Fsp3) is 0.625. The highest BCUT2D eigenvalue weighted by Gasteiger charge is 2.22. The first-order chi connectivity index (χ1) is 8.72. The third-order valence-corrected chi connectivity index (χ3v) is 4.07. The van der Waals surface area contributed by atoms with E-state index in [1.807, 2.05) is 0 Å². The van der Waals surface area contributed by atoms with Crippen LogP contribution in [-0.2, 0) is 0 Å². The molecular weight excluding hydrogens is 220 g/mol. The van der Waals surface area contributed by atoms with Crippen LogP contribution in [0.1, 0.15) is 48.4 Å². The van der Waals surface area contributed by atoms with Gasteiger partial charge in [-0.25, -0.2) is 0 Å². The molecule has 0 bridgehead atoms. The number of rotatable bonds is 4. The molecule has 1 atom stereocenters. The van der Waals surface area contributed by atoms with E-state index < -0.39 is 0 Å². The number of nitrogens with two attached hydrogens (primary N) is 1. The Hall–Kier alpha value is -0.860. The first kappa shape index (κ1) is 13.6. The average Bonchev–Trinajstić information content (AvgIpc) is 2.40. The minimum atomic E-state index is 0.523. The molecule has 1 heterocycles. The molecule has 18 heavy (non-hydrogen) atoms. The molecule has 1 aliphatic heterocycles. The van der Waals surface area contributed by atoms with E-state index in [-0.39, 0.29) is 0 Å². The van der Waals surface area contributed by atoms with Gasteiger partial charge in [-0.15, -0.1) is 0 Å². The van der Waals surface area contributed by atoms with E-state index in [0.29, 0.717) is 6.04 Å². The molecule has 2 heteroatoms. The summed E-state index contributed by atoms with van der Waals surface area (Å²) in [5.74, 6) is 0. The molecule has 1 fully saturated rings. The highest BCUT2D eigenvalue weighted by Crippen LogP contribution is 2.29. The van der Waals surface area contributed by atoms with Crippen LogP contribution in [0.25, 0.3) is 0 Å². The van der Waals surface area contributed by atoms with Gasteiger partial charge in [0.25, 0.3) is 0 Å². The number of nitrogens with zero attached hydrogens (tertiary/aromatic N) is 1. The van der Waals surface area contributed by atoms with Gasteiger partial charge >= 0.3 is 0 Å². The van der Waals surface area contributed by atoms with Gasteiger partial charge in [-0.05, 0) is 63.9 Å². The van der Waals surface area contributed by atoms with E-state index in [2.05, 4.69) is 36.9 Å². The first-order valence-electron chi connectivity index (χ1n) is 7.23. The summed E-state index contributed by atoms with van der Waals surface area (Å²) in [6, 6.07) is 7.33. The van der Waals surface area contributed by atoms with Gasteiger partial charge in [0.1, 0.15) is 0 Å². The van der Waals surface area contributed by atoms with Crippen molar-refractivity contribution in [1.82, 2.24) is 4.90 Å². The highest BCUT2D eigenvalue weighted by atomic mass is 15.2. The van der Waals surface area contributed by atoms with Gasteiger partial charge in [0.05, 0.1) is 0 Å². The minimum Gasteiger partial charge on any atom is -0.330 e. The Labute approximate surface area is 111 Å². The lowest BCUT2D eigenvalue weighted by Gasteiger charge is -2.35. The molecule has 2 nitrogen and oxygen atoms in total. The van der Waals surface area contributed by atoms with Crippen molar-refractivity contribution in [2.45, 2.75) is 45.6 Å². The average molecular weight is 246 g/mol. The van der Waals surface area contributed by atoms with E-state index in [4.69, 9.17) is 5.73 Å². The van der Waals surface area contributed by atoms with Crippen LogP contribution < -0.4 is 5.73 Å². The Morgan fingerprint density at radius 3 is 2.56 bits per heavy atom. The zero-order valence-corrected chi connectivity index (χ0v) is 11.8. The number of hydrogen-bond acceptors (Lipinski definition) is 2. The lowest BCUT2D eigenvalue weighted by molar-refractivity contribution is 0.157. The van der Waals surface area contributed by atoms with Gasteiger partial charge < -0.3 is 5.73 Å². The summed E-state index contributed by atoms with van der Waals surface area (Å²) in [5, 5.41) is 0. The highest BCUT2D eigenvalue weighted by molar-refractivity contribution is 5.33. The van der Waals surface area contributed by atoms with Crippen molar-refractivity contribution in [1.29, 1.82) is 0 Å². The summed E-state index contributed by atoms with van der Waals surface area (Å²) in [6.07, 6.45) is 5.14. The van der Waals surface area contributed by atoms with Crippen LogP contribution in [0.4, 0.5) is 0 Å². The zero-order valence-electron chi connectivity index (χ0n) is 11.8. The second-order valence-corrected chi connectivity index (χ2v) is 5.55. The minimum absolute atomic E-state index is 0.523. The Morgan fingerprint density at radius 2 is 1.89 bits per heavy atom. The smallest absolute Gasteiger partial charge is 0.0362 e.